The minimum absolute atomic E-state index is 0.402. The molecule has 1 aromatic carbocycles. The van der Waals surface area contributed by atoms with Gasteiger partial charge in [-0.2, -0.15) is 4.98 Å². The molecule has 1 amide bonds. The first-order valence-electron chi connectivity index (χ1n) is 10.8. The molecule has 0 unspecified atom stereocenters. The van der Waals surface area contributed by atoms with Crippen LogP contribution in [0.3, 0.4) is 0 Å². The van der Waals surface area contributed by atoms with Crippen LogP contribution in [0, 0.1) is 0 Å². The Balaban J connectivity index is 1.30. The fourth-order valence-corrected chi connectivity index (χ4v) is 4.09. The van der Waals surface area contributed by atoms with Gasteiger partial charge in [-0.3, -0.25) is 9.69 Å². The van der Waals surface area contributed by atoms with Gasteiger partial charge in [0.25, 0.3) is 5.95 Å². The van der Waals surface area contributed by atoms with Crippen LogP contribution in [-0.2, 0) is 11.3 Å². The highest BCUT2D eigenvalue weighted by atomic mass is 16.5. The first-order chi connectivity index (χ1) is 14.2. The zero-order valence-corrected chi connectivity index (χ0v) is 17.3. The lowest BCUT2D eigenvalue weighted by molar-refractivity contribution is -0.107. The number of hydrogen-bond acceptors (Lipinski definition) is 6. The maximum Gasteiger partial charge on any atom is 0.265 e. The maximum absolute atomic E-state index is 11.6. The SMILES string of the molecule is CN(CCN(C=O)c1ccc(CN2CCC2)cc1)c1noc(C2CCCCC2)n1. The predicted octanol–water partition coefficient (Wildman–Crippen LogP) is 3.42. The molecule has 29 heavy (non-hydrogen) atoms. The van der Waals surface area contributed by atoms with Crippen LogP contribution in [0.2, 0.25) is 0 Å². The summed E-state index contributed by atoms with van der Waals surface area (Å²) in [6, 6.07) is 8.28. The number of carbonyl (C=O) groups is 1. The fourth-order valence-electron chi connectivity index (χ4n) is 4.09. The summed E-state index contributed by atoms with van der Waals surface area (Å²) in [7, 11) is 1.94. The van der Waals surface area contributed by atoms with E-state index < -0.39 is 0 Å². The third kappa shape index (κ3) is 4.96. The zero-order valence-electron chi connectivity index (χ0n) is 17.3. The molecule has 156 valence electrons. The maximum atomic E-state index is 11.6. The summed E-state index contributed by atoms with van der Waals surface area (Å²) in [6.07, 6.45) is 8.25. The number of hydrogen-bond donors (Lipinski definition) is 0. The average Bonchev–Trinajstić information content (AvgIpc) is 3.23. The van der Waals surface area contributed by atoms with Crippen LogP contribution in [0.4, 0.5) is 11.6 Å². The summed E-state index contributed by atoms with van der Waals surface area (Å²) in [5, 5.41) is 4.15. The van der Waals surface area contributed by atoms with Crippen molar-refractivity contribution in [1.29, 1.82) is 0 Å². The van der Waals surface area contributed by atoms with Crippen molar-refractivity contribution in [2.45, 2.75) is 51.0 Å². The van der Waals surface area contributed by atoms with Gasteiger partial charge in [-0.1, -0.05) is 31.4 Å². The number of nitrogens with zero attached hydrogens (tertiary/aromatic N) is 5. The fraction of sp³-hybridized carbons (Fsp3) is 0.591. The highest BCUT2D eigenvalue weighted by molar-refractivity contribution is 5.75. The Morgan fingerprint density at radius 2 is 1.86 bits per heavy atom. The first-order valence-corrected chi connectivity index (χ1v) is 10.8. The number of anilines is 2. The van der Waals surface area contributed by atoms with Crippen molar-refractivity contribution in [1.82, 2.24) is 15.0 Å². The van der Waals surface area contributed by atoms with Crippen LogP contribution in [0.15, 0.2) is 28.8 Å². The summed E-state index contributed by atoms with van der Waals surface area (Å²) in [4.78, 5) is 22.3. The molecule has 7 nitrogen and oxygen atoms in total. The topological polar surface area (TPSA) is 65.7 Å². The molecule has 0 N–H and O–H groups in total. The van der Waals surface area contributed by atoms with Crippen molar-refractivity contribution < 1.29 is 9.32 Å². The Morgan fingerprint density at radius 3 is 2.52 bits per heavy atom. The van der Waals surface area contributed by atoms with Gasteiger partial charge in [-0.15, -0.1) is 0 Å². The van der Waals surface area contributed by atoms with E-state index in [1.54, 1.807) is 4.90 Å². The van der Waals surface area contributed by atoms with Crippen LogP contribution in [-0.4, -0.2) is 54.7 Å². The Morgan fingerprint density at radius 1 is 1.10 bits per heavy atom. The molecular formula is C22H31N5O2. The summed E-state index contributed by atoms with van der Waals surface area (Å²) < 4.78 is 5.51. The summed E-state index contributed by atoms with van der Waals surface area (Å²) >= 11 is 0. The monoisotopic (exact) mass is 397 g/mol. The molecule has 1 saturated carbocycles. The molecule has 1 aliphatic carbocycles. The second-order valence-electron chi connectivity index (χ2n) is 8.28. The minimum atomic E-state index is 0.402. The van der Waals surface area contributed by atoms with Gasteiger partial charge in [-0.05, 0) is 55.2 Å². The largest absolute Gasteiger partial charge is 0.339 e. The van der Waals surface area contributed by atoms with Crippen molar-refractivity contribution in [2.24, 2.45) is 0 Å². The van der Waals surface area contributed by atoms with Crippen molar-refractivity contribution in [3.63, 3.8) is 0 Å². The number of benzene rings is 1. The van der Waals surface area contributed by atoms with Crippen LogP contribution < -0.4 is 9.80 Å². The molecule has 2 heterocycles. The molecular weight excluding hydrogens is 366 g/mol. The molecule has 1 aliphatic heterocycles. The van der Waals surface area contributed by atoms with E-state index in [1.165, 1.54) is 44.3 Å². The van der Waals surface area contributed by atoms with Crippen LogP contribution in [0.25, 0.3) is 0 Å². The average molecular weight is 398 g/mol. The van der Waals surface area contributed by atoms with Gasteiger partial charge in [0.15, 0.2) is 0 Å². The summed E-state index contributed by atoms with van der Waals surface area (Å²) in [5.41, 5.74) is 2.20. The second-order valence-corrected chi connectivity index (χ2v) is 8.28. The highest BCUT2D eigenvalue weighted by Crippen LogP contribution is 2.32. The molecule has 2 aliphatic rings. The smallest absolute Gasteiger partial charge is 0.265 e. The van der Waals surface area contributed by atoms with Crippen LogP contribution in [0.1, 0.15) is 55.9 Å². The van der Waals surface area contributed by atoms with Gasteiger partial charge in [0, 0.05) is 38.3 Å². The molecule has 0 atom stereocenters. The predicted molar refractivity (Wildman–Crippen MR) is 113 cm³/mol. The zero-order chi connectivity index (χ0) is 20.1. The molecule has 2 aromatic rings. The normalized spacial score (nSPS) is 17.7. The van der Waals surface area contributed by atoms with E-state index in [0.29, 0.717) is 25.0 Å². The molecule has 7 heteroatoms. The van der Waals surface area contributed by atoms with E-state index in [2.05, 4.69) is 27.2 Å². The molecule has 2 fully saturated rings. The van der Waals surface area contributed by atoms with Crippen molar-refractivity contribution >= 4 is 18.0 Å². The summed E-state index contributed by atoms with van der Waals surface area (Å²) in [6.45, 7) is 4.57. The summed E-state index contributed by atoms with van der Waals surface area (Å²) in [5.74, 6) is 1.76. The minimum Gasteiger partial charge on any atom is -0.339 e. The first kappa shape index (κ1) is 19.9. The number of amides is 1. The lowest BCUT2D eigenvalue weighted by Crippen LogP contribution is -2.36. The van der Waals surface area contributed by atoms with E-state index in [1.807, 2.05) is 24.1 Å². The standard InChI is InChI=1S/C22H31N5O2/c1-25(22-23-21(29-24-22)19-6-3-2-4-7-19)14-15-27(17-28)20-10-8-18(9-11-20)16-26-12-5-13-26/h8-11,17,19H,2-7,12-16H2,1H3. The second kappa shape index (κ2) is 9.39. The lowest BCUT2D eigenvalue weighted by atomic mass is 9.89. The van der Waals surface area contributed by atoms with Crippen molar-refractivity contribution in [2.75, 3.05) is 43.0 Å². The number of likely N-dealkylation sites (tertiary alicyclic amines) is 1. The van der Waals surface area contributed by atoms with Gasteiger partial charge in [0.1, 0.15) is 0 Å². The third-order valence-electron chi connectivity index (χ3n) is 6.15. The lowest BCUT2D eigenvalue weighted by Gasteiger charge is -2.30. The third-order valence-corrected chi connectivity index (χ3v) is 6.15. The Labute approximate surface area is 172 Å². The Bertz CT molecular complexity index is 781. The molecule has 0 radical (unpaired) electrons. The van der Waals surface area contributed by atoms with Gasteiger partial charge >= 0.3 is 0 Å². The molecule has 0 bridgehead atoms. The van der Waals surface area contributed by atoms with Crippen LogP contribution in [0.5, 0.6) is 0 Å². The van der Waals surface area contributed by atoms with Crippen molar-refractivity contribution in [3.8, 4) is 0 Å². The van der Waals surface area contributed by atoms with E-state index in [-0.39, 0.29) is 0 Å². The van der Waals surface area contributed by atoms with Gasteiger partial charge < -0.3 is 14.3 Å². The van der Waals surface area contributed by atoms with Gasteiger partial charge in [0.05, 0.1) is 0 Å². The quantitative estimate of drug-likeness (QED) is 0.604. The molecule has 1 saturated heterocycles. The number of rotatable bonds is 9. The highest BCUT2D eigenvalue weighted by Gasteiger charge is 2.22. The Hall–Kier alpha value is -2.41. The molecule has 4 rings (SSSR count). The van der Waals surface area contributed by atoms with Crippen LogP contribution >= 0.6 is 0 Å². The van der Waals surface area contributed by atoms with Gasteiger partial charge in [0.2, 0.25) is 12.3 Å². The van der Waals surface area contributed by atoms with Crippen molar-refractivity contribution in [3.05, 3.63) is 35.7 Å². The number of aromatic nitrogens is 2. The van der Waals surface area contributed by atoms with E-state index in [4.69, 9.17) is 4.52 Å². The van der Waals surface area contributed by atoms with E-state index >= 15 is 0 Å². The van der Waals surface area contributed by atoms with Gasteiger partial charge in [-0.25, -0.2) is 0 Å². The number of likely N-dealkylation sites (N-methyl/N-ethyl adjacent to an activating group) is 1. The Kier molecular flexibility index (Phi) is 6.44. The van der Waals surface area contributed by atoms with E-state index in [0.717, 1.165) is 37.4 Å². The molecule has 0 spiro atoms. The van der Waals surface area contributed by atoms with E-state index in [9.17, 15) is 4.79 Å². The molecule has 1 aromatic heterocycles. The number of carbonyl (C=O) groups excluding carboxylic acids is 1.